The van der Waals surface area contributed by atoms with Crippen LogP contribution < -0.4 is 5.32 Å². The lowest BCUT2D eigenvalue weighted by atomic mass is 10.0. The van der Waals surface area contributed by atoms with E-state index in [2.05, 4.69) is 48.3 Å². The van der Waals surface area contributed by atoms with Crippen LogP contribution in [0.1, 0.15) is 50.2 Å². The van der Waals surface area contributed by atoms with E-state index in [0.717, 1.165) is 51.7 Å². The summed E-state index contributed by atoms with van der Waals surface area (Å²) >= 11 is 0. The Morgan fingerprint density at radius 1 is 1.27 bits per heavy atom. The molecule has 1 unspecified atom stereocenters. The van der Waals surface area contributed by atoms with E-state index in [0.29, 0.717) is 18.4 Å². The van der Waals surface area contributed by atoms with Crippen LogP contribution in [-0.2, 0) is 11.2 Å². The summed E-state index contributed by atoms with van der Waals surface area (Å²) in [6, 6.07) is 9.15. The van der Waals surface area contributed by atoms with Crippen molar-refractivity contribution in [3.05, 3.63) is 35.4 Å². The zero-order valence-corrected chi connectivity index (χ0v) is 14.1. The summed E-state index contributed by atoms with van der Waals surface area (Å²) in [5.41, 5.74) is 2.68. The van der Waals surface area contributed by atoms with Crippen LogP contribution in [0, 0.1) is 6.92 Å². The molecular formula is C19H30N2O. The maximum absolute atomic E-state index is 12.5. The summed E-state index contributed by atoms with van der Waals surface area (Å²) in [5, 5.41) is 3.37. The maximum atomic E-state index is 12.5. The third-order valence-corrected chi connectivity index (χ3v) is 4.49. The van der Waals surface area contributed by atoms with Gasteiger partial charge in [-0.3, -0.25) is 4.79 Å². The van der Waals surface area contributed by atoms with Gasteiger partial charge in [-0.15, -0.1) is 0 Å². The Balaban J connectivity index is 1.72. The number of benzene rings is 1. The summed E-state index contributed by atoms with van der Waals surface area (Å²) in [7, 11) is 0. The predicted octanol–water partition coefficient (Wildman–Crippen LogP) is 3.31. The van der Waals surface area contributed by atoms with Crippen LogP contribution in [0.25, 0.3) is 0 Å². The number of carbonyl (C=O) groups excluding carboxylic acids is 1. The molecule has 0 saturated carbocycles. The highest BCUT2D eigenvalue weighted by molar-refractivity contribution is 5.76. The standard InChI is InChI=1S/C19H30N2O/c1-3-14-21(18-12-13-20-15-18)19(22)7-5-4-6-17-10-8-16(2)9-11-17/h8-11,18,20H,3-7,12-15H2,1-2H3. The highest BCUT2D eigenvalue weighted by Gasteiger charge is 2.25. The van der Waals surface area contributed by atoms with Gasteiger partial charge in [-0.05, 0) is 51.1 Å². The Kier molecular flexibility index (Phi) is 6.91. The van der Waals surface area contributed by atoms with Crippen molar-refractivity contribution in [2.24, 2.45) is 0 Å². The molecule has 0 aliphatic carbocycles. The highest BCUT2D eigenvalue weighted by atomic mass is 16.2. The molecule has 1 aliphatic rings. The molecule has 1 atom stereocenters. The fraction of sp³-hybridized carbons (Fsp3) is 0.632. The van der Waals surface area contributed by atoms with Gasteiger partial charge >= 0.3 is 0 Å². The van der Waals surface area contributed by atoms with Crippen molar-refractivity contribution in [3.8, 4) is 0 Å². The van der Waals surface area contributed by atoms with Gasteiger partial charge in [0.2, 0.25) is 5.91 Å². The topological polar surface area (TPSA) is 32.3 Å². The smallest absolute Gasteiger partial charge is 0.222 e. The van der Waals surface area contributed by atoms with Gasteiger partial charge in [0.1, 0.15) is 0 Å². The van der Waals surface area contributed by atoms with Crippen molar-refractivity contribution in [3.63, 3.8) is 0 Å². The van der Waals surface area contributed by atoms with Crippen LogP contribution in [0.3, 0.4) is 0 Å². The second kappa shape index (κ2) is 8.94. The van der Waals surface area contributed by atoms with E-state index < -0.39 is 0 Å². The molecule has 3 nitrogen and oxygen atoms in total. The lowest BCUT2D eigenvalue weighted by molar-refractivity contribution is -0.133. The van der Waals surface area contributed by atoms with Crippen molar-refractivity contribution in [1.29, 1.82) is 0 Å². The third-order valence-electron chi connectivity index (χ3n) is 4.49. The number of nitrogens with one attached hydrogen (secondary N) is 1. The van der Waals surface area contributed by atoms with Gasteiger partial charge in [0.05, 0.1) is 0 Å². The molecule has 1 aromatic rings. The quantitative estimate of drug-likeness (QED) is 0.747. The molecule has 1 heterocycles. The average molecular weight is 302 g/mol. The monoisotopic (exact) mass is 302 g/mol. The summed E-state index contributed by atoms with van der Waals surface area (Å²) in [4.78, 5) is 14.6. The molecule has 22 heavy (non-hydrogen) atoms. The van der Waals surface area contributed by atoms with Gasteiger partial charge in [-0.2, -0.15) is 0 Å². The largest absolute Gasteiger partial charge is 0.338 e. The van der Waals surface area contributed by atoms with Gasteiger partial charge in [-0.25, -0.2) is 0 Å². The molecule has 122 valence electrons. The van der Waals surface area contributed by atoms with Crippen molar-refractivity contribution in [1.82, 2.24) is 10.2 Å². The van der Waals surface area contributed by atoms with Crippen LogP contribution in [0.2, 0.25) is 0 Å². The Bertz CT molecular complexity index is 449. The minimum Gasteiger partial charge on any atom is -0.338 e. The van der Waals surface area contributed by atoms with Crippen LogP contribution in [0.15, 0.2) is 24.3 Å². The number of rotatable bonds is 8. The number of carbonyl (C=O) groups is 1. The fourth-order valence-electron chi connectivity index (χ4n) is 3.16. The molecule has 2 rings (SSSR count). The molecule has 0 spiro atoms. The van der Waals surface area contributed by atoms with Gasteiger partial charge < -0.3 is 10.2 Å². The SMILES string of the molecule is CCCN(C(=O)CCCCc1ccc(C)cc1)C1CCNC1. The van der Waals surface area contributed by atoms with E-state index in [1.165, 1.54) is 11.1 Å². The van der Waals surface area contributed by atoms with Gasteiger partial charge in [0, 0.05) is 25.6 Å². The first-order chi connectivity index (χ1) is 10.7. The van der Waals surface area contributed by atoms with Gasteiger partial charge in [-0.1, -0.05) is 36.8 Å². The molecule has 1 saturated heterocycles. The maximum Gasteiger partial charge on any atom is 0.222 e. The normalized spacial score (nSPS) is 17.6. The van der Waals surface area contributed by atoms with E-state index in [1.54, 1.807) is 0 Å². The van der Waals surface area contributed by atoms with Gasteiger partial charge in [0.15, 0.2) is 0 Å². The first-order valence-electron chi connectivity index (χ1n) is 8.76. The van der Waals surface area contributed by atoms with Crippen LogP contribution in [-0.4, -0.2) is 36.5 Å². The zero-order valence-electron chi connectivity index (χ0n) is 14.1. The minimum absolute atomic E-state index is 0.347. The number of nitrogens with zero attached hydrogens (tertiary/aromatic N) is 1. The van der Waals surface area contributed by atoms with Crippen molar-refractivity contribution in [2.45, 2.75) is 58.4 Å². The molecule has 0 bridgehead atoms. The molecule has 1 fully saturated rings. The summed E-state index contributed by atoms with van der Waals surface area (Å²) in [5.74, 6) is 0.347. The zero-order chi connectivity index (χ0) is 15.8. The minimum atomic E-state index is 0.347. The molecule has 1 amide bonds. The second-order valence-corrected chi connectivity index (χ2v) is 6.43. The van der Waals surface area contributed by atoms with Crippen molar-refractivity contribution < 1.29 is 4.79 Å². The Morgan fingerprint density at radius 3 is 2.68 bits per heavy atom. The first kappa shape index (κ1) is 17.0. The van der Waals surface area contributed by atoms with E-state index in [4.69, 9.17) is 0 Å². The van der Waals surface area contributed by atoms with E-state index >= 15 is 0 Å². The number of unbranched alkanes of at least 4 members (excludes halogenated alkanes) is 1. The number of aryl methyl sites for hydroxylation is 2. The number of hydrogen-bond donors (Lipinski definition) is 1. The van der Waals surface area contributed by atoms with E-state index in [-0.39, 0.29) is 0 Å². The molecular weight excluding hydrogens is 272 g/mol. The van der Waals surface area contributed by atoms with Crippen LogP contribution in [0.5, 0.6) is 0 Å². The van der Waals surface area contributed by atoms with Crippen LogP contribution >= 0.6 is 0 Å². The summed E-state index contributed by atoms with van der Waals surface area (Å²) in [6.45, 7) is 7.19. The highest BCUT2D eigenvalue weighted by Crippen LogP contribution is 2.14. The van der Waals surface area contributed by atoms with Crippen molar-refractivity contribution in [2.75, 3.05) is 19.6 Å². The summed E-state index contributed by atoms with van der Waals surface area (Å²) < 4.78 is 0. The molecule has 0 radical (unpaired) electrons. The fourth-order valence-corrected chi connectivity index (χ4v) is 3.16. The number of amides is 1. The van der Waals surface area contributed by atoms with Crippen LogP contribution in [0.4, 0.5) is 0 Å². The first-order valence-corrected chi connectivity index (χ1v) is 8.76. The average Bonchev–Trinajstić information content (AvgIpc) is 3.04. The molecule has 1 aliphatic heterocycles. The lowest BCUT2D eigenvalue weighted by Gasteiger charge is -2.28. The second-order valence-electron chi connectivity index (χ2n) is 6.43. The van der Waals surface area contributed by atoms with E-state index in [9.17, 15) is 4.79 Å². The number of hydrogen-bond acceptors (Lipinski definition) is 2. The van der Waals surface area contributed by atoms with Gasteiger partial charge in [0.25, 0.3) is 0 Å². The Hall–Kier alpha value is -1.35. The molecule has 1 N–H and O–H groups in total. The van der Waals surface area contributed by atoms with Crippen molar-refractivity contribution >= 4 is 5.91 Å². The Morgan fingerprint density at radius 2 is 2.05 bits per heavy atom. The molecule has 1 aromatic carbocycles. The third kappa shape index (κ3) is 5.13. The molecule has 3 heteroatoms. The lowest BCUT2D eigenvalue weighted by Crippen LogP contribution is -2.41. The molecule has 0 aromatic heterocycles. The predicted molar refractivity (Wildman–Crippen MR) is 92.0 cm³/mol. The summed E-state index contributed by atoms with van der Waals surface area (Å²) in [6.07, 6.45) is 6.01. The Labute approximate surface area is 135 Å². The van der Waals surface area contributed by atoms with E-state index in [1.807, 2.05) is 0 Å².